The molecule has 0 radical (unpaired) electrons. The van der Waals surface area contributed by atoms with Crippen molar-refractivity contribution in [1.29, 1.82) is 0 Å². The number of anilines is 2. The van der Waals surface area contributed by atoms with Crippen LogP contribution in [0.5, 0.6) is 5.75 Å². The molecule has 31 heavy (non-hydrogen) atoms. The maximum absolute atomic E-state index is 12.4. The van der Waals surface area contributed by atoms with Crippen molar-refractivity contribution in [3.8, 4) is 5.75 Å². The fraction of sp³-hybridized carbons (Fsp3) is 0.208. The Kier molecular flexibility index (Phi) is 7.56. The zero-order valence-corrected chi connectivity index (χ0v) is 18.6. The zero-order valence-electron chi connectivity index (χ0n) is 17.8. The summed E-state index contributed by atoms with van der Waals surface area (Å²) < 4.78 is 5.75. The molecule has 1 aromatic heterocycles. The van der Waals surface area contributed by atoms with Crippen LogP contribution >= 0.6 is 11.3 Å². The monoisotopic (exact) mass is 435 g/mol. The number of ether oxygens (including phenoxy) is 1. The second kappa shape index (κ2) is 10.5. The van der Waals surface area contributed by atoms with E-state index < -0.39 is 0 Å². The van der Waals surface area contributed by atoms with Crippen LogP contribution in [0.2, 0.25) is 0 Å². The van der Waals surface area contributed by atoms with Gasteiger partial charge in [-0.25, -0.2) is 4.98 Å². The molecule has 0 saturated heterocycles. The molecule has 7 heteroatoms. The van der Waals surface area contributed by atoms with Crippen molar-refractivity contribution in [3.63, 3.8) is 0 Å². The molecular formula is C24H25N3O3S. The Balaban J connectivity index is 1.57. The molecule has 0 aliphatic carbocycles. The Morgan fingerprint density at radius 2 is 1.81 bits per heavy atom. The highest BCUT2D eigenvalue weighted by Crippen LogP contribution is 2.29. The van der Waals surface area contributed by atoms with Crippen molar-refractivity contribution in [2.45, 2.75) is 13.8 Å². The van der Waals surface area contributed by atoms with Crippen LogP contribution in [0.15, 0.2) is 66.1 Å². The Labute approximate surface area is 186 Å². The van der Waals surface area contributed by atoms with Gasteiger partial charge < -0.3 is 9.64 Å². The van der Waals surface area contributed by atoms with Crippen molar-refractivity contribution in [3.05, 3.63) is 77.3 Å². The van der Waals surface area contributed by atoms with Crippen molar-refractivity contribution < 1.29 is 14.3 Å². The Morgan fingerprint density at radius 3 is 2.52 bits per heavy atom. The molecule has 3 aromatic rings. The summed E-state index contributed by atoms with van der Waals surface area (Å²) in [5, 5.41) is 2.38. The number of rotatable bonds is 8. The summed E-state index contributed by atoms with van der Waals surface area (Å²) in [5.41, 5.74) is 2.44. The SMILES string of the molecule is CC(=O)N(c1ccccc1)c1nc(/C=C/C(=O)N(C)CCOc2ccccc2C)cs1. The summed E-state index contributed by atoms with van der Waals surface area (Å²) in [6.07, 6.45) is 3.14. The van der Waals surface area contributed by atoms with Crippen LogP contribution in [-0.4, -0.2) is 41.9 Å². The first-order chi connectivity index (χ1) is 15.0. The number of thiazole rings is 1. The molecule has 0 fully saturated rings. The van der Waals surface area contributed by atoms with E-state index in [1.54, 1.807) is 22.9 Å². The van der Waals surface area contributed by atoms with Crippen LogP contribution in [0, 0.1) is 6.92 Å². The third kappa shape index (κ3) is 6.02. The number of carbonyl (C=O) groups excluding carboxylic acids is 2. The van der Waals surface area contributed by atoms with Crippen LogP contribution in [0.1, 0.15) is 18.2 Å². The molecule has 2 aromatic carbocycles. The number of aromatic nitrogens is 1. The lowest BCUT2D eigenvalue weighted by atomic mass is 10.2. The molecule has 0 N–H and O–H groups in total. The maximum atomic E-state index is 12.4. The molecule has 0 saturated carbocycles. The van der Waals surface area contributed by atoms with Crippen molar-refractivity contribution in [2.24, 2.45) is 0 Å². The summed E-state index contributed by atoms with van der Waals surface area (Å²) in [6.45, 7) is 4.36. The molecule has 0 spiro atoms. The quantitative estimate of drug-likeness (QED) is 0.482. The van der Waals surface area contributed by atoms with Gasteiger partial charge in [0.05, 0.1) is 17.9 Å². The van der Waals surface area contributed by atoms with Crippen LogP contribution in [-0.2, 0) is 9.59 Å². The van der Waals surface area contributed by atoms with Crippen LogP contribution in [0.3, 0.4) is 0 Å². The number of aryl methyl sites for hydroxylation is 1. The van der Waals surface area contributed by atoms with Crippen LogP contribution < -0.4 is 9.64 Å². The highest BCUT2D eigenvalue weighted by molar-refractivity contribution is 7.14. The van der Waals surface area contributed by atoms with E-state index >= 15 is 0 Å². The molecular weight excluding hydrogens is 410 g/mol. The molecule has 160 valence electrons. The average molecular weight is 436 g/mol. The molecule has 1 heterocycles. The third-order valence-electron chi connectivity index (χ3n) is 4.58. The topological polar surface area (TPSA) is 62.7 Å². The highest BCUT2D eigenvalue weighted by atomic mass is 32.1. The normalized spacial score (nSPS) is 10.8. The zero-order chi connectivity index (χ0) is 22.2. The second-order valence-electron chi connectivity index (χ2n) is 6.95. The van der Waals surface area contributed by atoms with Gasteiger partial charge in [-0.15, -0.1) is 11.3 Å². The molecule has 0 aliphatic rings. The van der Waals surface area contributed by atoms with Gasteiger partial charge >= 0.3 is 0 Å². The summed E-state index contributed by atoms with van der Waals surface area (Å²) >= 11 is 1.35. The lowest BCUT2D eigenvalue weighted by Crippen LogP contribution is -2.29. The predicted molar refractivity (Wildman–Crippen MR) is 125 cm³/mol. The van der Waals surface area contributed by atoms with Gasteiger partial charge in [0, 0.05) is 25.4 Å². The Bertz CT molecular complexity index is 1060. The fourth-order valence-corrected chi connectivity index (χ4v) is 3.72. The predicted octanol–water partition coefficient (Wildman–Crippen LogP) is 4.69. The smallest absolute Gasteiger partial charge is 0.246 e. The van der Waals surface area contributed by atoms with Crippen molar-refractivity contribution in [2.75, 3.05) is 25.1 Å². The van der Waals surface area contributed by atoms with Gasteiger partial charge in [0.1, 0.15) is 12.4 Å². The molecule has 0 aliphatic heterocycles. The van der Waals surface area contributed by atoms with Crippen LogP contribution in [0.25, 0.3) is 6.08 Å². The van der Waals surface area contributed by atoms with E-state index in [2.05, 4.69) is 4.98 Å². The largest absolute Gasteiger partial charge is 0.491 e. The second-order valence-corrected chi connectivity index (χ2v) is 7.79. The number of hydrogen-bond donors (Lipinski definition) is 0. The number of nitrogens with zero attached hydrogens (tertiary/aromatic N) is 3. The van der Waals surface area contributed by atoms with Gasteiger partial charge in [-0.2, -0.15) is 0 Å². The molecule has 3 rings (SSSR count). The fourth-order valence-electron chi connectivity index (χ4n) is 2.86. The van der Waals surface area contributed by atoms with Gasteiger partial charge in [0.2, 0.25) is 11.8 Å². The third-order valence-corrected chi connectivity index (χ3v) is 5.43. The summed E-state index contributed by atoms with van der Waals surface area (Å²) in [4.78, 5) is 32.2. The molecule has 2 amide bonds. The van der Waals surface area contributed by atoms with E-state index in [4.69, 9.17) is 4.74 Å². The summed E-state index contributed by atoms with van der Waals surface area (Å²) in [6, 6.07) is 17.1. The van der Waals surface area contributed by atoms with E-state index in [-0.39, 0.29) is 11.8 Å². The first kappa shape index (κ1) is 22.2. The lowest BCUT2D eigenvalue weighted by molar-refractivity contribution is -0.125. The summed E-state index contributed by atoms with van der Waals surface area (Å²) in [7, 11) is 1.73. The highest BCUT2D eigenvalue weighted by Gasteiger charge is 2.17. The minimum Gasteiger partial charge on any atom is -0.491 e. The minimum absolute atomic E-state index is 0.124. The van der Waals surface area contributed by atoms with Gasteiger partial charge in [0.15, 0.2) is 5.13 Å². The number of para-hydroxylation sites is 2. The van der Waals surface area contributed by atoms with Gasteiger partial charge in [-0.05, 0) is 36.8 Å². The lowest BCUT2D eigenvalue weighted by Gasteiger charge is -2.17. The van der Waals surface area contributed by atoms with Crippen LogP contribution in [0.4, 0.5) is 10.8 Å². The number of benzene rings is 2. The van der Waals surface area contributed by atoms with Crippen molar-refractivity contribution in [1.82, 2.24) is 9.88 Å². The van der Waals surface area contributed by atoms with E-state index in [1.165, 1.54) is 24.3 Å². The maximum Gasteiger partial charge on any atom is 0.246 e. The van der Waals surface area contributed by atoms with Gasteiger partial charge in [-0.3, -0.25) is 14.5 Å². The number of hydrogen-bond acceptors (Lipinski definition) is 5. The van der Waals surface area contributed by atoms with E-state index in [0.717, 1.165) is 17.0 Å². The number of carbonyl (C=O) groups is 2. The minimum atomic E-state index is -0.144. The molecule has 6 nitrogen and oxygen atoms in total. The standard InChI is InChI=1S/C24H25N3O3S/c1-18-9-7-8-12-22(18)30-16-15-26(3)23(29)14-13-20-17-31-24(25-20)27(19(2)28)21-10-5-4-6-11-21/h4-14,17H,15-16H2,1-3H3/b14-13+. The van der Waals surface area contributed by atoms with E-state index in [9.17, 15) is 9.59 Å². The van der Waals surface area contributed by atoms with Gasteiger partial charge in [0.25, 0.3) is 0 Å². The first-order valence-corrected chi connectivity index (χ1v) is 10.8. The van der Waals surface area contributed by atoms with E-state index in [0.29, 0.717) is 24.0 Å². The Morgan fingerprint density at radius 1 is 1.10 bits per heavy atom. The molecule has 0 unspecified atom stereocenters. The number of amides is 2. The Hall–Kier alpha value is -3.45. The average Bonchev–Trinajstić information content (AvgIpc) is 3.22. The number of likely N-dealkylation sites (N-methyl/N-ethyl adjacent to an activating group) is 1. The van der Waals surface area contributed by atoms with Gasteiger partial charge in [-0.1, -0.05) is 36.4 Å². The summed E-state index contributed by atoms with van der Waals surface area (Å²) in [5.74, 6) is 0.553. The molecule has 0 bridgehead atoms. The van der Waals surface area contributed by atoms with Crippen molar-refractivity contribution >= 4 is 40.0 Å². The molecule has 0 atom stereocenters. The van der Waals surface area contributed by atoms with E-state index in [1.807, 2.05) is 66.9 Å². The first-order valence-electron chi connectivity index (χ1n) is 9.88.